The average molecular weight is 630 g/mol. The average Bonchev–Trinajstić information content (AvgIpc) is 3.53. The van der Waals surface area contributed by atoms with E-state index in [-0.39, 0.29) is 0 Å². The van der Waals surface area contributed by atoms with Crippen molar-refractivity contribution in [2.45, 2.75) is 0 Å². The third kappa shape index (κ3) is 5.04. The molecule has 0 fully saturated rings. The van der Waals surface area contributed by atoms with Gasteiger partial charge in [-0.15, -0.1) is 11.3 Å². The largest absolute Gasteiger partial charge is 0.311 e. The normalized spacial score (nSPS) is 11.3. The molecule has 2 heteroatoms. The van der Waals surface area contributed by atoms with Crippen molar-refractivity contribution >= 4 is 59.3 Å². The van der Waals surface area contributed by atoms with Gasteiger partial charge in [-0.1, -0.05) is 133 Å². The standard InChI is InChI=1S/C46H31NS/c1-3-12-32(13-4-1)33-22-26-37(27-23-33)47(36-16-5-2-6-17-36)38-28-24-35(25-29-38)42-31-46-44(41-19-9-10-21-45(41)48-46)30-43(42)40-20-11-15-34-14-7-8-18-39(34)40/h1-31H. The third-order valence-electron chi connectivity index (χ3n) is 9.28. The maximum atomic E-state index is 2.42. The molecule has 0 saturated carbocycles. The Morgan fingerprint density at radius 1 is 0.312 bits per heavy atom. The van der Waals surface area contributed by atoms with E-state index in [1.165, 1.54) is 64.3 Å². The number of fused-ring (bicyclic) bond motifs is 4. The predicted molar refractivity (Wildman–Crippen MR) is 208 cm³/mol. The highest BCUT2D eigenvalue weighted by atomic mass is 32.1. The monoisotopic (exact) mass is 629 g/mol. The van der Waals surface area contributed by atoms with Gasteiger partial charge in [0.15, 0.2) is 0 Å². The van der Waals surface area contributed by atoms with Crippen LogP contribution in [0.5, 0.6) is 0 Å². The van der Waals surface area contributed by atoms with Gasteiger partial charge < -0.3 is 4.90 Å². The Morgan fingerprint density at radius 3 is 1.62 bits per heavy atom. The Hall–Kier alpha value is -5.96. The smallest absolute Gasteiger partial charge is 0.0462 e. The fraction of sp³-hybridized carbons (Fsp3) is 0. The number of para-hydroxylation sites is 1. The molecule has 1 nitrogen and oxygen atoms in total. The molecule has 0 N–H and O–H groups in total. The lowest BCUT2D eigenvalue weighted by Crippen LogP contribution is -2.09. The lowest BCUT2D eigenvalue weighted by Gasteiger charge is -2.26. The van der Waals surface area contributed by atoms with Crippen molar-refractivity contribution in [3.05, 3.63) is 188 Å². The van der Waals surface area contributed by atoms with Crippen molar-refractivity contribution < 1.29 is 0 Å². The van der Waals surface area contributed by atoms with E-state index in [1.807, 2.05) is 11.3 Å². The van der Waals surface area contributed by atoms with Gasteiger partial charge in [-0.05, 0) is 98.8 Å². The Morgan fingerprint density at radius 2 is 0.875 bits per heavy atom. The van der Waals surface area contributed by atoms with E-state index in [1.54, 1.807) is 0 Å². The second-order valence-corrected chi connectivity index (χ2v) is 13.2. The van der Waals surface area contributed by atoms with Crippen LogP contribution in [0.3, 0.4) is 0 Å². The van der Waals surface area contributed by atoms with Crippen LogP contribution in [0, 0.1) is 0 Å². The minimum Gasteiger partial charge on any atom is -0.311 e. The molecule has 0 atom stereocenters. The zero-order valence-electron chi connectivity index (χ0n) is 26.3. The fourth-order valence-electron chi connectivity index (χ4n) is 6.94. The molecular formula is C46H31NS. The molecule has 0 amide bonds. The summed E-state index contributed by atoms with van der Waals surface area (Å²) in [7, 11) is 0. The summed E-state index contributed by atoms with van der Waals surface area (Å²) in [5.41, 5.74) is 10.8. The van der Waals surface area contributed by atoms with E-state index in [0.717, 1.165) is 17.1 Å². The third-order valence-corrected chi connectivity index (χ3v) is 10.4. The number of hydrogen-bond donors (Lipinski definition) is 0. The molecule has 1 heterocycles. The van der Waals surface area contributed by atoms with Gasteiger partial charge in [-0.2, -0.15) is 0 Å². The van der Waals surface area contributed by atoms with Crippen LogP contribution in [0.1, 0.15) is 0 Å². The molecule has 0 aliphatic heterocycles. The second kappa shape index (κ2) is 12.0. The molecule has 8 aromatic carbocycles. The van der Waals surface area contributed by atoms with Gasteiger partial charge in [0.2, 0.25) is 0 Å². The maximum Gasteiger partial charge on any atom is 0.0462 e. The number of thiophene rings is 1. The number of anilines is 3. The zero-order valence-corrected chi connectivity index (χ0v) is 27.1. The second-order valence-electron chi connectivity index (χ2n) is 12.1. The first kappa shape index (κ1) is 28.3. The molecule has 9 rings (SSSR count). The quantitative estimate of drug-likeness (QED) is 0.177. The van der Waals surface area contributed by atoms with Gasteiger partial charge >= 0.3 is 0 Å². The van der Waals surface area contributed by atoms with Crippen LogP contribution in [0.25, 0.3) is 64.3 Å². The summed E-state index contributed by atoms with van der Waals surface area (Å²) in [6, 6.07) is 68.1. The lowest BCUT2D eigenvalue weighted by atomic mass is 9.90. The van der Waals surface area contributed by atoms with Gasteiger partial charge in [-0.3, -0.25) is 0 Å². The Balaban J connectivity index is 1.18. The van der Waals surface area contributed by atoms with Crippen molar-refractivity contribution in [2.24, 2.45) is 0 Å². The number of rotatable bonds is 6. The van der Waals surface area contributed by atoms with Crippen LogP contribution in [0.15, 0.2) is 188 Å². The van der Waals surface area contributed by atoms with Gasteiger partial charge in [0, 0.05) is 37.2 Å². The van der Waals surface area contributed by atoms with E-state index < -0.39 is 0 Å². The van der Waals surface area contributed by atoms with Crippen molar-refractivity contribution in [2.75, 3.05) is 4.90 Å². The first-order valence-corrected chi connectivity index (χ1v) is 17.2. The molecule has 0 radical (unpaired) electrons. The minimum atomic E-state index is 1.12. The van der Waals surface area contributed by atoms with Crippen molar-refractivity contribution in [3.63, 3.8) is 0 Å². The molecule has 9 aromatic rings. The highest BCUT2D eigenvalue weighted by Crippen LogP contribution is 2.44. The number of nitrogens with zero attached hydrogens (tertiary/aromatic N) is 1. The van der Waals surface area contributed by atoms with Crippen molar-refractivity contribution in [1.82, 2.24) is 0 Å². The molecule has 0 aliphatic carbocycles. The van der Waals surface area contributed by atoms with E-state index in [0.29, 0.717) is 0 Å². The van der Waals surface area contributed by atoms with Gasteiger partial charge in [0.05, 0.1) is 0 Å². The van der Waals surface area contributed by atoms with Crippen molar-refractivity contribution in [3.8, 4) is 33.4 Å². The van der Waals surface area contributed by atoms with Crippen LogP contribution >= 0.6 is 11.3 Å². The van der Waals surface area contributed by atoms with Crippen LogP contribution in [0.2, 0.25) is 0 Å². The summed E-state index contributed by atoms with van der Waals surface area (Å²) in [4.78, 5) is 2.33. The topological polar surface area (TPSA) is 3.24 Å². The summed E-state index contributed by atoms with van der Waals surface area (Å²) >= 11 is 1.87. The highest BCUT2D eigenvalue weighted by molar-refractivity contribution is 7.25. The van der Waals surface area contributed by atoms with E-state index in [9.17, 15) is 0 Å². The molecule has 226 valence electrons. The summed E-state index contributed by atoms with van der Waals surface area (Å²) in [5, 5.41) is 5.15. The summed E-state index contributed by atoms with van der Waals surface area (Å²) in [5.74, 6) is 0. The Labute approximate surface area is 284 Å². The first-order valence-electron chi connectivity index (χ1n) is 16.3. The minimum absolute atomic E-state index is 1.12. The first-order chi connectivity index (χ1) is 23.8. The van der Waals surface area contributed by atoms with E-state index in [4.69, 9.17) is 0 Å². The van der Waals surface area contributed by atoms with E-state index in [2.05, 4.69) is 193 Å². The van der Waals surface area contributed by atoms with Gasteiger partial charge in [0.1, 0.15) is 0 Å². The molecular weight excluding hydrogens is 599 g/mol. The molecule has 0 saturated heterocycles. The maximum absolute atomic E-state index is 2.42. The Bertz CT molecular complexity index is 2530. The molecule has 0 unspecified atom stereocenters. The van der Waals surface area contributed by atoms with E-state index >= 15 is 0 Å². The number of benzene rings is 8. The molecule has 1 aromatic heterocycles. The SMILES string of the molecule is c1ccc(-c2ccc(N(c3ccccc3)c3ccc(-c4cc5sc6ccccc6c5cc4-c4cccc5ccccc45)cc3)cc2)cc1. The van der Waals surface area contributed by atoms with Crippen LogP contribution < -0.4 is 4.90 Å². The lowest BCUT2D eigenvalue weighted by molar-refractivity contribution is 1.28. The van der Waals surface area contributed by atoms with Crippen LogP contribution in [0.4, 0.5) is 17.1 Å². The summed E-state index contributed by atoms with van der Waals surface area (Å²) in [6.45, 7) is 0. The zero-order chi connectivity index (χ0) is 31.9. The highest BCUT2D eigenvalue weighted by Gasteiger charge is 2.17. The molecule has 0 spiro atoms. The van der Waals surface area contributed by atoms with Gasteiger partial charge in [0.25, 0.3) is 0 Å². The summed E-state index contributed by atoms with van der Waals surface area (Å²) in [6.07, 6.45) is 0. The summed E-state index contributed by atoms with van der Waals surface area (Å²) < 4.78 is 2.63. The predicted octanol–water partition coefficient (Wildman–Crippen LogP) is 13.7. The van der Waals surface area contributed by atoms with Crippen LogP contribution in [-0.2, 0) is 0 Å². The molecule has 0 aliphatic rings. The van der Waals surface area contributed by atoms with Crippen molar-refractivity contribution in [1.29, 1.82) is 0 Å². The molecule has 48 heavy (non-hydrogen) atoms. The Kier molecular flexibility index (Phi) is 7.07. The number of hydrogen-bond acceptors (Lipinski definition) is 2. The molecule has 0 bridgehead atoms. The van der Waals surface area contributed by atoms with Gasteiger partial charge in [-0.25, -0.2) is 0 Å². The van der Waals surface area contributed by atoms with Crippen LogP contribution in [-0.4, -0.2) is 0 Å². The fourth-order valence-corrected chi connectivity index (χ4v) is 8.07.